The van der Waals surface area contributed by atoms with E-state index in [1.807, 2.05) is 37.4 Å². The Labute approximate surface area is 129 Å². The average molecular weight is 300 g/mol. The quantitative estimate of drug-likeness (QED) is 0.828. The highest BCUT2D eigenvalue weighted by Crippen LogP contribution is 2.09. The van der Waals surface area contributed by atoms with Crippen LogP contribution in [-0.2, 0) is 11.2 Å². The lowest BCUT2D eigenvalue weighted by molar-refractivity contribution is -0.117. The van der Waals surface area contributed by atoms with E-state index in [0.29, 0.717) is 0 Å². The van der Waals surface area contributed by atoms with Crippen LogP contribution < -0.4 is 5.32 Å². The lowest BCUT2D eigenvalue weighted by Gasteiger charge is -2.12. The maximum Gasteiger partial charge on any atom is 0.244 e. The van der Waals surface area contributed by atoms with Crippen molar-refractivity contribution >= 4 is 23.3 Å². The van der Waals surface area contributed by atoms with E-state index in [2.05, 4.69) is 22.4 Å². The number of hydrogen-bond donors (Lipinski definition) is 1. The summed E-state index contributed by atoms with van der Waals surface area (Å²) in [5.41, 5.74) is 2.14. The second-order valence-electron chi connectivity index (χ2n) is 5.06. The van der Waals surface area contributed by atoms with E-state index in [-0.39, 0.29) is 11.9 Å². The van der Waals surface area contributed by atoms with Gasteiger partial charge in [-0.15, -0.1) is 11.3 Å². The van der Waals surface area contributed by atoms with Crippen molar-refractivity contribution in [3.05, 3.63) is 58.1 Å². The predicted molar refractivity (Wildman–Crippen MR) is 88.3 cm³/mol. The van der Waals surface area contributed by atoms with E-state index >= 15 is 0 Å². The number of aromatic nitrogens is 1. The van der Waals surface area contributed by atoms with Crippen molar-refractivity contribution < 1.29 is 4.79 Å². The zero-order valence-corrected chi connectivity index (χ0v) is 13.2. The minimum atomic E-state index is -0.0683. The number of nitrogens with zero attached hydrogens (tertiary/aromatic N) is 1. The molecule has 1 N–H and O–H groups in total. The summed E-state index contributed by atoms with van der Waals surface area (Å²) in [4.78, 5) is 16.1. The number of aryl methyl sites for hydroxylation is 2. The van der Waals surface area contributed by atoms with Gasteiger partial charge in [0.05, 0.1) is 10.7 Å². The molecule has 0 aliphatic rings. The molecule has 1 unspecified atom stereocenters. The summed E-state index contributed by atoms with van der Waals surface area (Å²) >= 11 is 1.58. The monoisotopic (exact) mass is 300 g/mol. The third-order valence-corrected chi connectivity index (χ3v) is 3.93. The molecule has 1 atom stereocenters. The Hall–Kier alpha value is -1.94. The molecule has 0 bridgehead atoms. The molecular weight excluding hydrogens is 280 g/mol. The SMILES string of the molecule is Cc1nc(/C=C/C(=O)NC(C)CCc2ccccc2)cs1. The van der Waals surface area contributed by atoms with Crippen molar-refractivity contribution in [3.63, 3.8) is 0 Å². The van der Waals surface area contributed by atoms with Crippen LogP contribution in [0.1, 0.15) is 29.6 Å². The first kappa shape index (κ1) is 15.4. The third kappa shape index (κ3) is 5.52. The van der Waals surface area contributed by atoms with Crippen LogP contribution in [0.2, 0.25) is 0 Å². The molecule has 0 fully saturated rings. The highest BCUT2D eigenvalue weighted by atomic mass is 32.1. The second-order valence-corrected chi connectivity index (χ2v) is 6.12. The van der Waals surface area contributed by atoms with E-state index in [1.54, 1.807) is 23.5 Å². The van der Waals surface area contributed by atoms with Gasteiger partial charge in [-0.05, 0) is 38.3 Å². The molecule has 0 spiro atoms. The summed E-state index contributed by atoms with van der Waals surface area (Å²) in [6.07, 6.45) is 5.20. The Kier molecular flexibility index (Phi) is 5.69. The van der Waals surface area contributed by atoms with E-state index in [9.17, 15) is 4.79 Å². The van der Waals surface area contributed by atoms with Gasteiger partial charge in [0.25, 0.3) is 0 Å². The highest BCUT2D eigenvalue weighted by Gasteiger charge is 2.05. The molecule has 0 radical (unpaired) electrons. The predicted octanol–water partition coefficient (Wildman–Crippen LogP) is 3.60. The van der Waals surface area contributed by atoms with Crippen molar-refractivity contribution in [1.82, 2.24) is 10.3 Å². The molecule has 4 heteroatoms. The van der Waals surface area contributed by atoms with Gasteiger partial charge < -0.3 is 5.32 Å². The number of amides is 1. The van der Waals surface area contributed by atoms with E-state index in [0.717, 1.165) is 23.5 Å². The van der Waals surface area contributed by atoms with E-state index < -0.39 is 0 Å². The van der Waals surface area contributed by atoms with Crippen molar-refractivity contribution in [3.8, 4) is 0 Å². The van der Waals surface area contributed by atoms with Gasteiger partial charge in [-0.3, -0.25) is 4.79 Å². The van der Waals surface area contributed by atoms with Crippen molar-refractivity contribution in [2.24, 2.45) is 0 Å². The molecule has 2 rings (SSSR count). The molecule has 1 aromatic carbocycles. The Bertz CT molecular complexity index is 604. The average Bonchev–Trinajstić information content (AvgIpc) is 2.90. The lowest BCUT2D eigenvalue weighted by atomic mass is 10.1. The summed E-state index contributed by atoms with van der Waals surface area (Å²) in [7, 11) is 0. The van der Waals surface area contributed by atoms with Crippen LogP contribution in [0.15, 0.2) is 41.8 Å². The van der Waals surface area contributed by atoms with Crippen molar-refractivity contribution in [2.75, 3.05) is 0 Å². The summed E-state index contributed by atoms with van der Waals surface area (Å²) in [5, 5.41) is 5.93. The van der Waals surface area contributed by atoms with Gasteiger partial charge >= 0.3 is 0 Å². The highest BCUT2D eigenvalue weighted by molar-refractivity contribution is 7.09. The zero-order chi connectivity index (χ0) is 15.1. The molecule has 2 aromatic rings. The fraction of sp³-hybridized carbons (Fsp3) is 0.294. The standard InChI is InChI=1S/C17H20N2OS/c1-13(8-9-15-6-4-3-5-7-15)18-17(20)11-10-16-12-21-14(2)19-16/h3-7,10-13H,8-9H2,1-2H3,(H,18,20)/b11-10+. The summed E-state index contributed by atoms with van der Waals surface area (Å²) in [5.74, 6) is -0.0683. The fourth-order valence-corrected chi connectivity index (χ4v) is 2.59. The molecule has 1 amide bonds. The van der Waals surface area contributed by atoms with Crippen LogP contribution in [0.5, 0.6) is 0 Å². The third-order valence-electron chi connectivity index (χ3n) is 3.14. The summed E-state index contributed by atoms with van der Waals surface area (Å²) in [6.45, 7) is 3.98. The van der Waals surface area contributed by atoms with Crippen LogP contribution in [0.3, 0.4) is 0 Å². The van der Waals surface area contributed by atoms with Crippen LogP contribution in [0.4, 0.5) is 0 Å². The number of thiazole rings is 1. The van der Waals surface area contributed by atoms with Gasteiger partial charge in [0.1, 0.15) is 0 Å². The number of carbonyl (C=O) groups is 1. The summed E-state index contributed by atoms with van der Waals surface area (Å²) < 4.78 is 0. The van der Waals surface area contributed by atoms with Gasteiger partial charge in [-0.25, -0.2) is 4.98 Å². The summed E-state index contributed by atoms with van der Waals surface area (Å²) in [6, 6.07) is 10.5. The normalized spacial score (nSPS) is 12.5. The van der Waals surface area contributed by atoms with Crippen LogP contribution in [0, 0.1) is 6.92 Å². The van der Waals surface area contributed by atoms with Crippen molar-refractivity contribution in [2.45, 2.75) is 32.7 Å². The van der Waals surface area contributed by atoms with Crippen LogP contribution in [-0.4, -0.2) is 16.9 Å². The first-order valence-corrected chi connectivity index (χ1v) is 7.96. The van der Waals surface area contributed by atoms with Crippen LogP contribution in [0.25, 0.3) is 6.08 Å². The minimum Gasteiger partial charge on any atom is -0.350 e. The Morgan fingerprint density at radius 1 is 1.38 bits per heavy atom. The Balaban J connectivity index is 1.75. The first-order chi connectivity index (χ1) is 10.1. The van der Waals surface area contributed by atoms with Gasteiger partial charge in [0.2, 0.25) is 5.91 Å². The smallest absolute Gasteiger partial charge is 0.244 e. The zero-order valence-electron chi connectivity index (χ0n) is 12.4. The van der Waals surface area contributed by atoms with E-state index in [1.165, 1.54) is 5.56 Å². The molecule has 1 aromatic heterocycles. The van der Waals surface area contributed by atoms with Crippen molar-refractivity contribution in [1.29, 1.82) is 0 Å². The largest absolute Gasteiger partial charge is 0.350 e. The van der Waals surface area contributed by atoms with Crippen LogP contribution >= 0.6 is 11.3 Å². The molecule has 3 nitrogen and oxygen atoms in total. The molecule has 0 saturated heterocycles. The maximum absolute atomic E-state index is 11.8. The van der Waals surface area contributed by atoms with Gasteiger partial charge in [0.15, 0.2) is 0 Å². The number of nitrogens with one attached hydrogen (secondary N) is 1. The molecule has 110 valence electrons. The maximum atomic E-state index is 11.8. The van der Waals surface area contributed by atoms with E-state index in [4.69, 9.17) is 0 Å². The molecule has 0 saturated carbocycles. The number of carbonyl (C=O) groups excluding carboxylic acids is 1. The van der Waals surface area contributed by atoms with Gasteiger partial charge in [-0.1, -0.05) is 30.3 Å². The molecule has 1 heterocycles. The number of benzene rings is 1. The molecular formula is C17H20N2OS. The Morgan fingerprint density at radius 3 is 2.81 bits per heavy atom. The Morgan fingerprint density at radius 2 is 2.14 bits per heavy atom. The second kappa shape index (κ2) is 7.74. The molecule has 0 aliphatic carbocycles. The molecule has 21 heavy (non-hydrogen) atoms. The topological polar surface area (TPSA) is 42.0 Å². The fourth-order valence-electron chi connectivity index (χ4n) is 2.01. The van der Waals surface area contributed by atoms with Gasteiger partial charge in [-0.2, -0.15) is 0 Å². The minimum absolute atomic E-state index is 0.0683. The number of hydrogen-bond acceptors (Lipinski definition) is 3. The lowest BCUT2D eigenvalue weighted by Crippen LogP contribution is -2.31. The first-order valence-electron chi connectivity index (χ1n) is 7.08. The van der Waals surface area contributed by atoms with Gasteiger partial charge in [0, 0.05) is 17.5 Å². The number of rotatable bonds is 6. The molecule has 0 aliphatic heterocycles.